The van der Waals surface area contributed by atoms with Gasteiger partial charge in [-0.25, -0.2) is 15.0 Å². The van der Waals surface area contributed by atoms with Crippen molar-refractivity contribution in [1.82, 2.24) is 10.7 Å². The summed E-state index contributed by atoms with van der Waals surface area (Å²) in [5, 5.41) is 3.67. The molecule has 3 rings (SSSR count). The normalized spacial score (nSPS) is 27.5. The molecule has 126 valence electrons. The third-order valence-corrected chi connectivity index (χ3v) is 5.05. The van der Waals surface area contributed by atoms with E-state index in [-0.39, 0.29) is 17.8 Å². The highest BCUT2D eigenvalue weighted by Crippen LogP contribution is 2.40. The number of amides is 1. The van der Waals surface area contributed by atoms with Gasteiger partial charge in [-0.1, -0.05) is 12.1 Å². The molecule has 2 aliphatic carbocycles. The van der Waals surface area contributed by atoms with Gasteiger partial charge in [0.2, 0.25) is 0 Å². The first-order valence-corrected chi connectivity index (χ1v) is 8.27. The zero-order valence-electron chi connectivity index (χ0n) is 13.2. The number of hydrogen-bond donors (Lipinski definition) is 3. The standard InChI is InChI=1S/C17H24FN3O2/c18-13-3-1-12(2-4-13)17(11-23-16(22)21-19)9-7-15(8-10-17)20-14-5-6-14/h1-4,14-15,20H,5-11,19H2,(H,21,22)/t15-,17-. The highest BCUT2D eigenvalue weighted by Gasteiger charge is 2.39. The van der Waals surface area contributed by atoms with Gasteiger partial charge in [0, 0.05) is 17.5 Å². The predicted octanol–water partition coefficient (Wildman–Crippen LogP) is 2.36. The second kappa shape index (κ2) is 6.84. The summed E-state index contributed by atoms with van der Waals surface area (Å²) < 4.78 is 18.5. The van der Waals surface area contributed by atoms with Crippen molar-refractivity contribution in [2.45, 2.75) is 56.0 Å². The van der Waals surface area contributed by atoms with Crippen LogP contribution in [0.15, 0.2) is 24.3 Å². The average Bonchev–Trinajstić information content (AvgIpc) is 3.39. The molecule has 1 amide bonds. The van der Waals surface area contributed by atoms with E-state index in [1.807, 2.05) is 5.43 Å². The molecule has 5 nitrogen and oxygen atoms in total. The van der Waals surface area contributed by atoms with Crippen LogP contribution in [-0.4, -0.2) is 24.8 Å². The van der Waals surface area contributed by atoms with E-state index < -0.39 is 6.09 Å². The number of carbonyl (C=O) groups excluding carboxylic acids is 1. The van der Waals surface area contributed by atoms with Crippen LogP contribution in [0, 0.1) is 5.82 Å². The molecule has 23 heavy (non-hydrogen) atoms. The Bertz CT molecular complexity index is 537. The lowest BCUT2D eigenvalue weighted by molar-refractivity contribution is 0.0928. The lowest BCUT2D eigenvalue weighted by Gasteiger charge is -2.40. The molecule has 6 heteroatoms. The van der Waals surface area contributed by atoms with Gasteiger partial charge < -0.3 is 10.1 Å². The minimum atomic E-state index is -0.635. The summed E-state index contributed by atoms with van der Waals surface area (Å²) in [5.74, 6) is 4.83. The van der Waals surface area contributed by atoms with Gasteiger partial charge in [0.15, 0.2) is 0 Å². The molecule has 2 fully saturated rings. The van der Waals surface area contributed by atoms with E-state index in [1.54, 1.807) is 12.1 Å². The molecule has 0 radical (unpaired) electrons. The van der Waals surface area contributed by atoms with Crippen LogP contribution in [0.1, 0.15) is 44.1 Å². The van der Waals surface area contributed by atoms with Crippen molar-refractivity contribution < 1.29 is 13.9 Å². The van der Waals surface area contributed by atoms with E-state index in [9.17, 15) is 9.18 Å². The van der Waals surface area contributed by atoms with E-state index in [0.29, 0.717) is 12.1 Å². The Labute approximate surface area is 135 Å². The number of ether oxygens (including phenoxy) is 1. The fourth-order valence-electron chi connectivity index (χ4n) is 3.49. The molecule has 0 unspecified atom stereocenters. The Hall–Kier alpha value is -1.66. The largest absolute Gasteiger partial charge is 0.448 e. The van der Waals surface area contributed by atoms with Crippen LogP contribution in [0.3, 0.4) is 0 Å². The first-order valence-electron chi connectivity index (χ1n) is 8.27. The van der Waals surface area contributed by atoms with Crippen molar-refractivity contribution in [3.63, 3.8) is 0 Å². The molecular formula is C17H24FN3O2. The van der Waals surface area contributed by atoms with Crippen LogP contribution < -0.4 is 16.6 Å². The monoisotopic (exact) mass is 321 g/mol. The van der Waals surface area contributed by atoms with Crippen LogP contribution in [0.5, 0.6) is 0 Å². The summed E-state index contributed by atoms with van der Waals surface area (Å²) >= 11 is 0. The predicted molar refractivity (Wildman–Crippen MR) is 85.2 cm³/mol. The van der Waals surface area contributed by atoms with Gasteiger partial charge in [-0.3, -0.25) is 5.43 Å². The first kappa shape index (κ1) is 16.2. The van der Waals surface area contributed by atoms with Gasteiger partial charge in [0.1, 0.15) is 12.4 Å². The first-order chi connectivity index (χ1) is 11.1. The maximum atomic E-state index is 13.2. The number of hydrogen-bond acceptors (Lipinski definition) is 4. The Morgan fingerprint density at radius 2 is 1.78 bits per heavy atom. The summed E-state index contributed by atoms with van der Waals surface area (Å²) in [6, 6.07) is 7.75. The van der Waals surface area contributed by atoms with Crippen molar-refractivity contribution in [1.29, 1.82) is 0 Å². The van der Waals surface area contributed by atoms with Gasteiger partial charge in [-0.15, -0.1) is 0 Å². The molecule has 0 heterocycles. The smallest absolute Gasteiger partial charge is 0.421 e. The van der Waals surface area contributed by atoms with E-state index in [2.05, 4.69) is 5.32 Å². The van der Waals surface area contributed by atoms with Gasteiger partial charge >= 0.3 is 6.09 Å². The summed E-state index contributed by atoms with van der Waals surface area (Å²) in [7, 11) is 0. The Balaban J connectivity index is 1.71. The average molecular weight is 321 g/mol. The molecule has 0 atom stereocenters. The van der Waals surface area contributed by atoms with Crippen LogP contribution in [0.4, 0.5) is 9.18 Å². The van der Waals surface area contributed by atoms with Crippen molar-refractivity contribution in [3.05, 3.63) is 35.6 Å². The molecule has 0 aromatic heterocycles. The highest BCUT2D eigenvalue weighted by molar-refractivity contribution is 5.66. The Morgan fingerprint density at radius 1 is 1.17 bits per heavy atom. The summed E-state index contributed by atoms with van der Waals surface area (Å²) in [5.41, 5.74) is 2.75. The van der Waals surface area contributed by atoms with E-state index >= 15 is 0 Å². The van der Waals surface area contributed by atoms with Gasteiger partial charge in [-0.05, 0) is 56.2 Å². The molecule has 0 spiro atoms. The lowest BCUT2D eigenvalue weighted by atomic mass is 9.68. The molecule has 1 aromatic rings. The topological polar surface area (TPSA) is 76.4 Å². The molecule has 1 aromatic carbocycles. The number of nitrogens with two attached hydrogens (primary N) is 1. The Morgan fingerprint density at radius 3 is 2.35 bits per heavy atom. The molecule has 2 saturated carbocycles. The van der Waals surface area contributed by atoms with Crippen molar-refractivity contribution in [3.8, 4) is 0 Å². The van der Waals surface area contributed by atoms with Crippen molar-refractivity contribution in [2.24, 2.45) is 5.84 Å². The van der Waals surface area contributed by atoms with Crippen molar-refractivity contribution >= 4 is 6.09 Å². The van der Waals surface area contributed by atoms with Gasteiger partial charge in [0.25, 0.3) is 0 Å². The number of nitrogens with one attached hydrogen (secondary N) is 2. The highest BCUT2D eigenvalue weighted by atomic mass is 19.1. The van der Waals surface area contributed by atoms with E-state index in [0.717, 1.165) is 31.2 Å². The number of benzene rings is 1. The quantitative estimate of drug-likeness (QED) is 0.442. The Kier molecular flexibility index (Phi) is 4.82. The second-order valence-electron chi connectivity index (χ2n) is 6.72. The van der Waals surface area contributed by atoms with Crippen LogP contribution in [0.25, 0.3) is 0 Å². The number of carbonyl (C=O) groups is 1. The van der Waals surface area contributed by atoms with Crippen LogP contribution >= 0.6 is 0 Å². The third-order valence-electron chi connectivity index (χ3n) is 5.05. The van der Waals surface area contributed by atoms with Gasteiger partial charge in [0.05, 0.1) is 0 Å². The van der Waals surface area contributed by atoms with Gasteiger partial charge in [-0.2, -0.15) is 0 Å². The van der Waals surface area contributed by atoms with E-state index in [1.165, 1.54) is 25.0 Å². The molecule has 0 bridgehead atoms. The fourth-order valence-corrected chi connectivity index (χ4v) is 3.49. The fraction of sp³-hybridized carbons (Fsp3) is 0.588. The molecular weight excluding hydrogens is 297 g/mol. The minimum absolute atomic E-state index is 0.256. The number of halogens is 1. The molecule has 0 saturated heterocycles. The third kappa shape index (κ3) is 4.00. The van der Waals surface area contributed by atoms with Crippen molar-refractivity contribution in [2.75, 3.05) is 6.61 Å². The van der Waals surface area contributed by atoms with Crippen LogP contribution in [0.2, 0.25) is 0 Å². The maximum Gasteiger partial charge on any atom is 0.421 e. The van der Waals surface area contributed by atoms with Crippen LogP contribution in [-0.2, 0) is 10.2 Å². The molecule has 2 aliphatic rings. The summed E-state index contributed by atoms with van der Waals surface area (Å²) in [6.45, 7) is 0.262. The summed E-state index contributed by atoms with van der Waals surface area (Å²) in [6.07, 6.45) is 5.79. The zero-order valence-corrected chi connectivity index (χ0v) is 13.2. The minimum Gasteiger partial charge on any atom is -0.448 e. The number of hydrazine groups is 1. The SMILES string of the molecule is NNC(=O)OC[C@]1(c2ccc(F)cc2)CC[C@H](NC2CC2)CC1. The maximum absolute atomic E-state index is 13.2. The lowest BCUT2D eigenvalue weighted by Crippen LogP contribution is -2.44. The van der Waals surface area contributed by atoms with E-state index in [4.69, 9.17) is 10.6 Å². The summed E-state index contributed by atoms with van der Waals surface area (Å²) in [4.78, 5) is 11.4. The number of rotatable bonds is 5. The second-order valence-corrected chi connectivity index (χ2v) is 6.72. The molecule has 4 N–H and O–H groups in total. The molecule has 0 aliphatic heterocycles. The zero-order chi connectivity index (χ0) is 16.3.